The molecule has 1 saturated carbocycles. The highest BCUT2D eigenvalue weighted by molar-refractivity contribution is 7.20. The maximum absolute atomic E-state index is 12.0. The van der Waals surface area contributed by atoms with Crippen LogP contribution in [0.4, 0.5) is 0 Å². The molecule has 1 unspecified atom stereocenters. The van der Waals surface area contributed by atoms with Gasteiger partial charge in [0.15, 0.2) is 0 Å². The summed E-state index contributed by atoms with van der Waals surface area (Å²) >= 11 is 1.45. The van der Waals surface area contributed by atoms with Gasteiger partial charge in [-0.25, -0.2) is 4.98 Å². The second-order valence-corrected chi connectivity index (χ2v) is 7.84. The van der Waals surface area contributed by atoms with Gasteiger partial charge in [0.05, 0.1) is 4.88 Å². The summed E-state index contributed by atoms with van der Waals surface area (Å²) in [5, 5.41) is 1.13. The van der Waals surface area contributed by atoms with Crippen molar-refractivity contribution in [2.75, 3.05) is 13.1 Å². The lowest BCUT2D eigenvalue weighted by Gasteiger charge is -2.37. The Balaban J connectivity index is 1.69. The Hall–Kier alpha value is -1.46. The number of amides is 1. The maximum atomic E-state index is 12.0. The Morgan fingerprint density at radius 1 is 1.26 bits per heavy atom. The van der Waals surface area contributed by atoms with Crippen LogP contribution in [0.1, 0.15) is 59.7 Å². The Morgan fingerprint density at radius 3 is 2.87 bits per heavy atom. The van der Waals surface area contributed by atoms with E-state index < -0.39 is 0 Å². The van der Waals surface area contributed by atoms with E-state index in [1.165, 1.54) is 50.0 Å². The minimum absolute atomic E-state index is 0.305. The van der Waals surface area contributed by atoms with E-state index in [1.54, 1.807) is 6.20 Å². The van der Waals surface area contributed by atoms with Crippen LogP contribution < -0.4 is 5.73 Å². The molecule has 2 N–H and O–H groups in total. The molecule has 122 valence electrons. The quantitative estimate of drug-likeness (QED) is 0.937. The summed E-state index contributed by atoms with van der Waals surface area (Å²) in [6, 6.07) is 4.80. The molecule has 0 radical (unpaired) electrons. The van der Waals surface area contributed by atoms with Crippen LogP contribution in [0.25, 0.3) is 10.2 Å². The normalized spacial score (nSPS) is 23.6. The highest BCUT2D eigenvalue weighted by Gasteiger charge is 2.32. The van der Waals surface area contributed by atoms with Gasteiger partial charge in [-0.15, -0.1) is 11.3 Å². The fraction of sp³-hybridized carbons (Fsp3) is 0.556. The van der Waals surface area contributed by atoms with Crippen molar-refractivity contribution in [1.29, 1.82) is 0 Å². The van der Waals surface area contributed by atoms with Gasteiger partial charge in [0.25, 0.3) is 5.91 Å². The molecule has 1 saturated heterocycles. The third-order valence-corrected chi connectivity index (χ3v) is 6.57. The highest BCUT2D eigenvalue weighted by Crippen LogP contribution is 2.40. The van der Waals surface area contributed by atoms with Crippen LogP contribution >= 0.6 is 11.3 Å². The lowest BCUT2D eigenvalue weighted by molar-refractivity contribution is 0.100. The first-order chi connectivity index (χ1) is 11.2. The maximum Gasteiger partial charge on any atom is 0.259 e. The second-order valence-electron chi connectivity index (χ2n) is 6.84. The molecular formula is C18H23N3OS. The minimum Gasteiger partial charge on any atom is -0.365 e. The average molecular weight is 329 g/mol. The first-order valence-corrected chi connectivity index (χ1v) is 9.47. The lowest BCUT2D eigenvalue weighted by Crippen LogP contribution is -2.41. The third-order valence-electron chi connectivity index (χ3n) is 5.43. The van der Waals surface area contributed by atoms with Crippen LogP contribution in [0, 0.1) is 0 Å². The van der Waals surface area contributed by atoms with Gasteiger partial charge in [-0.2, -0.15) is 0 Å². The molecular weight excluding hydrogens is 306 g/mol. The summed E-state index contributed by atoms with van der Waals surface area (Å²) < 4.78 is 0. The second kappa shape index (κ2) is 6.21. The van der Waals surface area contributed by atoms with Crippen molar-refractivity contribution >= 4 is 27.5 Å². The van der Waals surface area contributed by atoms with Gasteiger partial charge in [0.2, 0.25) is 0 Å². The van der Waals surface area contributed by atoms with Crippen molar-refractivity contribution in [3.8, 4) is 0 Å². The van der Waals surface area contributed by atoms with E-state index >= 15 is 0 Å². The molecule has 1 amide bonds. The van der Waals surface area contributed by atoms with Gasteiger partial charge in [0.1, 0.15) is 4.83 Å². The van der Waals surface area contributed by atoms with Crippen molar-refractivity contribution in [2.24, 2.45) is 5.73 Å². The average Bonchev–Trinajstić information content (AvgIpc) is 3.22. The largest absolute Gasteiger partial charge is 0.365 e. The molecule has 23 heavy (non-hydrogen) atoms. The summed E-state index contributed by atoms with van der Waals surface area (Å²) in [6.45, 7) is 2.26. The van der Waals surface area contributed by atoms with Crippen molar-refractivity contribution in [1.82, 2.24) is 9.88 Å². The molecule has 4 nitrogen and oxygen atoms in total. The number of thiophene rings is 1. The first-order valence-electron chi connectivity index (χ1n) is 8.65. The van der Waals surface area contributed by atoms with Crippen LogP contribution in [0.15, 0.2) is 18.3 Å². The number of rotatable bonds is 3. The standard InChI is InChI=1S/C18H23N3OS/c19-17(22)16-15(14-8-3-9-20-18(14)23-16)12-5-4-10-21(11-12)13-6-1-2-7-13/h3,8-9,12-13H,1-2,4-7,10-11H2,(H2,19,22). The van der Waals surface area contributed by atoms with Gasteiger partial charge in [-0.3, -0.25) is 9.69 Å². The molecule has 2 aromatic rings. The number of nitrogens with two attached hydrogens (primary N) is 1. The number of aromatic nitrogens is 1. The molecule has 2 aliphatic rings. The van der Waals surface area contributed by atoms with Crippen molar-refractivity contribution in [2.45, 2.75) is 50.5 Å². The molecule has 2 aromatic heterocycles. The number of carbonyl (C=O) groups is 1. The number of fused-ring (bicyclic) bond motifs is 1. The third kappa shape index (κ3) is 2.76. The molecule has 2 fully saturated rings. The van der Waals surface area contributed by atoms with E-state index in [-0.39, 0.29) is 5.91 Å². The minimum atomic E-state index is -0.305. The molecule has 1 aliphatic heterocycles. The number of likely N-dealkylation sites (tertiary alicyclic amines) is 1. The van der Waals surface area contributed by atoms with E-state index in [4.69, 9.17) is 5.73 Å². The van der Waals surface area contributed by atoms with Gasteiger partial charge in [-0.05, 0) is 49.8 Å². The molecule has 3 heterocycles. The number of pyridine rings is 1. The number of piperidine rings is 1. The van der Waals surface area contributed by atoms with Crippen molar-refractivity contribution in [3.63, 3.8) is 0 Å². The summed E-state index contributed by atoms with van der Waals surface area (Å²) in [5.41, 5.74) is 6.83. The number of carbonyl (C=O) groups excluding carboxylic acids is 1. The zero-order chi connectivity index (χ0) is 15.8. The molecule has 0 aromatic carbocycles. The molecule has 1 aliphatic carbocycles. The molecule has 1 atom stereocenters. The van der Waals surface area contributed by atoms with Crippen LogP contribution in [0.3, 0.4) is 0 Å². The number of nitrogens with zero attached hydrogens (tertiary/aromatic N) is 2. The van der Waals surface area contributed by atoms with E-state index in [2.05, 4.69) is 16.0 Å². The van der Waals surface area contributed by atoms with Gasteiger partial charge in [0, 0.05) is 24.2 Å². The summed E-state index contributed by atoms with van der Waals surface area (Å²) in [6.07, 6.45) is 9.54. The van der Waals surface area contributed by atoms with Crippen LogP contribution in [-0.4, -0.2) is 34.9 Å². The van der Waals surface area contributed by atoms with Crippen LogP contribution in [0.5, 0.6) is 0 Å². The fourth-order valence-electron chi connectivity index (χ4n) is 4.38. The van der Waals surface area contributed by atoms with E-state index in [1.807, 2.05) is 6.07 Å². The fourth-order valence-corrected chi connectivity index (χ4v) is 5.46. The predicted octanol–water partition coefficient (Wildman–Crippen LogP) is 3.52. The zero-order valence-corrected chi connectivity index (χ0v) is 14.1. The lowest BCUT2D eigenvalue weighted by atomic mass is 9.88. The molecule has 0 bridgehead atoms. The SMILES string of the molecule is NC(=O)c1sc2ncccc2c1C1CCCN(C2CCCC2)C1. The number of primary amides is 1. The Labute approximate surface area is 140 Å². The van der Waals surface area contributed by atoms with Crippen LogP contribution in [-0.2, 0) is 0 Å². The topological polar surface area (TPSA) is 59.2 Å². The molecule has 0 spiro atoms. The zero-order valence-electron chi connectivity index (χ0n) is 13.3. The van der Waals surface area contributed by atoms with Crippen molar-refractivity contribution in [3.05, 3.63) is 28.8 Å². The highest BCUT2D eigenvalue weighted by atomic mass is 32.1. The number of hydrogen-bond acceptors (Lipinski definition) is 4. The van der Waals surface area contributed by atoms with E-state index in [9.17, 15) is 4.79 Å². The summed E-state index contributed by atoms with van der Waals surface area (Å²) in [7, 11) is 0. The summed E-state index contributed by atoms with van der Waals surface area (Å²) in [4.78, 5) is 20.7. The monoisotopic (exact) mass is 329 g/mol. The predicted molar refractivity (Wildman–Crippen MR) is 93.9 cm³/mol. The van der Waals surface area contributed by atoms with Crippen molar-refractivity contribution < 1.29 is 4.79 Å². The molecule has 5 heteroatoms. The van der Waals surface area contributed by atoms with Gasteiger partial charge < -0.3 is 5.73 Å². The first kappa shape index (κ1) is 15.1. The van der Waals surface area contributed by atoms with E-state index in [0.717, 1.165) is 39.7 Å². The van der Waals surface area contributed by atoms with E-state index in [0.29, 0.717) is 5.92 Å². The smallest absolute Gasteiger partial charge is 0.259 e. The van der Waals surface area contributed by atoms with Gasteiger partial charge >= 0.3 is 0 Å². The Kier molecular flexibility index (Phi) is 4.07. The van der Waals surface area contributed by atoms with Gasteiger partial charge in [-0.1, -0.05) is 18.9 Å². The Bertz CT molecular complexity index is 720. The number of hydrogen-bond donors (Lipinski definition) is 1. The Morgan fingerprint density at radius 2 is 2.09 bits per heavy atom. The molecule has 4 rings (SSSR count). The summed E-state index contributed by atoms with van der Waals surface area (Å²) in [5.74, 6) is 0.103. The van der Waals surface area contributed by atoms with Crippen LogP contribution in [0.2, 0.25) is 0 Å².